The molecule has 0 aliphatic heterocycles. The lowest BCUT2D eigenvalue weighted by molar-refractivity contribution is 0.0958. The van der Waals surface area contributed by atoms with Gasteiger partial charge in [-0.2, -0.15) is 0 Å². The van der Waals surface area contributed by atoms with Crippen LogP contribution in [0.15, 0.2) is 41.8 Å². The van der Waals surface area contributed by atoms with Crippen LogP contribution in [0.25, 0.3) is 0 Å². The number of thiophene rings is 1. The summed E-state index contributed by atoms with van der Waals surface area (Å²) >= 11 is 7.35. The molecule has 1 aromatic heterocycles. The molecule has 0 fully saturated rings. The molecule has 0 aliphatic carbocycles. The summed E-state index contributed by atoms with van der Waals surface area (Å²) in [6, 6.07) is 11.4. The molecule has 0 atom stereocenters. The Hall–Kier alpha value is -1.36. The second-order valence-electron chi connectivity index (χ2n) is 4.04. The van der Waals surface area contributed by atoms with E-state index < -0.39 is 0 Å². The van der Waals surface area contributed by atoms with Gasteiger partial charge in [0.25, 0.3) is 5.91 Å². The van der Waals surface area contributed by atoms with Crippen molar-refractivity contribution in [2.75, 3.05) is 13.1 Å². The van der Waals surface area contributed by atoms with Gasteiger partial charge in [-0.1, -0.05) is 29.8 Å². The molecule has 0 unspecified atom stereocenters. The van der Waals surface area contributed by atoms with Crippen LogP contribution in [0, 0.1) is 0 Å². The van der Waals surface area contributed by atoms with Crippen molar-refractivity contribution in [3.63, 3.8) is 0 Å². The molecule has 0 saturated carbocycles. The molecule has 1 aromatic carbocycles. The van der Waals surface area contributed by atoms with E-state index in [1.165, 1.54) is 11.3 Å². The minimum absolute atomic E-state index is 0.0143. The Kier molecular flexibility index (Phi) is 5.39. The topological polar surface area (TPSA) is 41.1 Å². The highest BCUT2D eigenvalue weighted by atomic mass is 35.5. The zero-order chi connectivity index (χ0) is 13.5. The molecule has 1 amide bonds. The van der Waals surface area contributed by atoms with Gasteiger partial charge < -0.3 is 10.6 Å². The maximum atomic E-state index is 11.6. The molecule has 0 saturated heterocycles. The van der Waals surface area contributed by atoms with Crippen molar-refractivity contribution in [2.45, 2.75) is 6.54 Å². The van der Waals surface area contributed by atoms with Crippen molar-refractivity contribution in [3.8, 4) is 0 Å². The Balaban J connectivity index is 1.64. The summed E-state index contributed by atoms with van der Waals surface area (Å²) in [6.45, 7) is 2.08. The third-order valence-electron chi connectivity index (χ3n) is 2.55. The van der Waals surface area contributed by atoms with E-state index in [-0.39, 0.29) is 5.91 Å². The molecule has 0 bridgehead atoms. The fraction of sp³-hybridized carbons (Fsp3) is 0.214. The molecule has 100 valence electrons. The third-order valence-corrected chi connectivity index (χ3v) is 3.65. The summed E-state index contributed by atoms with van der Waals surface area (Å²) in [4.78, 5) is 12.4. The summed E-state index contributed by atoms with van der Waals surface area (Å²) in [5.41, 5.74) is 1.14. The normalized spacial score (nSPS) is 10.4. The number of hydrogen-bond acceptors (Lipinski definition) is 3. The lowest BCUT2D eigenvalue weighted by Crippen LogP contribution is -2.31. The first-order valence-electron chi connectivity index (χ1n) is 6.02. The zero-order valence-electron chi connectivity index (χ0n) is 10.4. The molecule has 2 aromatic rings. The van der Waals surface area contributed by atoms with E-state index in [4.69, 9.17) is 11.6 Å². The minimum atomic E-state index is -0.0143. The van der Waals surface area contributed by atoms with Gasteiger partial charge in [0.15, 0.2) is 0 Å². The van der Waals surface area contributed by atoms with Crippen molar-refractivity contribution >= 4 is 28.8 Å². The van der Waals surface area contributed by atoms with Gasteiger partial charge in [0.05, 0.1) is 4.88 Å². The molecule has 2 rings (SSSR count). The second-order valence-corrected chi connectivity index (χ2v) is 5.42. The average Bonchev–Trinajstić information content (AvgIpc) is 2.92. The van der Waals surface area contributed by atoms with E-state index in [2.05, 4.69) is 10.6 Å². The third kappa shape index (κ3) is 4.67. The standard InChI is InChI=1S/C14H15ClN2OS/c15-12-4-1-3-11(9-12)10-16-6-7-17-14(18)13-5-2-8-19-13/h1-5,8-9,16H,6-7,10H2,(H,17,18). The number of amides is 1. The Morgan fingerprint density at radius 3 is 2.84 bits per heavy atom. The molecule has 0 spiro atoms. The van der Waals surface area contributed by atoms with Gasteiger partial charge in [-0.25, -0.2) is 0 Å². The van der Waals surface area contributed by atoms with Gasteiger partial charge in [-0.15, -0.1) is 11.3 Å². The fourth-order valence-electron chi connectivity index (χ4n) is 1.64. The predicted octanol–water partition coefficient (Wildman–Crippen LogP) is 2.92. The highest BCUT2D eigenvalue weighted by Gasteiger charge is 2.04. The Morgan fingerprint density at radius 1 is 1.21 bits per heavy atom. The smallest absolute Gasteiger partial charge is 0.261 e. The van der Waals surface area contributed by atoms with Crippen LogP contribution in [0.1, 0.15) is 15.2 Å². The van der Waals surface area contributed by atoms with Crippen molar-refractivity contribution in [1.29, 1.82) is 0 Å². The number of benzene rings is 1. The van der Waals surface area contributed by atoms with Crippen LogP contribution in [0.3, 0.4) is 0 Å². The molecule has 3 nitrogen and oxygen atoms in total. The van der Waals surface area contributed by atoms with E-state index in [0.717, 1.165) is 28.6 Å². The summed E-state index contributed by atoms with van der Waals surface area (Å²) < 4.78 is 0. The SMILES string of the molecule is O=C(NCCNCc1cccc(Cl)c1)c1cccs1. The van der Waals surface area contributed by atoms with Crippen LogP contribution in [0.5, 0.6) is 0 Å². The van der Waals surface area contributed by atoms with Crippen molar-refractivity contribution in [2.24, 2.45) is 0 Å². The van der Waals surface area contributed by atoms with E-state index in [1.807, 2.05) is 41.8 Å². The lowest BCUT2D eigenvalue weighted by Gasteiger charge is -2.06. The van der Waals surface area contributed by atoms with Gasteiger partial charge in [-0.3, -0.25) is 4.79 Å². The van der Waals surface area contributed by atoms with E-state index >= 15 is 0 Å². The van der Waals surface area contributed by atoms with E-state index in [1.54, 1.807) is 0 Å². The monoisotopic (exact) mass is 294 g/mol. The number of rotatable bonds is 6. The lowest BCUT2D eigenvalue weighted by atomic mass is 10.2. The van der Waals surface area contributed by atoms with E-state index in [9.17, 15) is 4.79 Å². The number of hydrogen-bond donors (Lipinski definition) is 2. The van der Waals surface area contributed by atoms with Gasteiger partial charge in [-0.05, 0) is 29.1 Å². The number of carbonyl (C=O) groups excluding carboxylic acids is 1. The first-order valence-corrected chi connectivity index (χ1v) is 7.28. The van der Waals surface area contributed by atoms with Gasteiger partial charge in [0.1, 0.15) is 0 Å². The van der Waals surface area contributed by atoms with Crippen molar-refractivity contribution in [3.05, 3.63) is 57.2 Å². The van der Waals surface area contributed by atoms with E-state index in [0.29, 0.717) is 6.54 Å². The first-order chi connectivity index (χ1) is 9.25. The van der Waals surface area contributed by atoms with Crippen LogP contribution in [-0.2, 0) is 6.54 Å². The van der Waals surface area contributed by atoms with Gasteiger partial charge >= 0.3 is 0 Å². The molecule has 19 heavy (non-hydrogen) atoms. The van der Waals surface area contributed by atoms with Crippen LogP contribution < -0.4 is 10.6 Å². The number of nitrogens with one attached hydrogen (secondary N) is 2. The van der Waals surface area contributed by atoms with Crippen LogP contribution in [0.2, 0.25) is 5.02 Å². The van der Waals surface area contributed by atoms with Crippen molar-refractivity contribution < 1.29 is 4.79 Å². The van der Waals surface area contributed by atoms with Crippen LogP contribution in [-0.4, -0.2) is 19.0 Å². The maximum absolute atomic E-state index is 11.6. The molecule has 0 aliphatic rings. The Labute approximate surface area is 121 Å². The largest absolute Gasteiger partial charge is 0.350 e. The van der Waals surface area contributed by atoms with Gasteiger partial charge in [0.2, 0.25) is 0 Å². The quantitative estimate of drug-likeness (QED) is 0.804. The van der Waals surface area contributed by atoms with Crippen LogP contribution in [0.4, 0.5) is 0 Å². The zero-order valence-corrected chi connectivity index (χ0v) is 11.9. The van der Waals surface area contributed by atoms with Gasteiger partial charge in [0, 0.05) is 24.7 Å². The summed E-state index contributed by atoms with van der Waals surface area (Å²) in [5, 5.41) is 8.76. The molecular weight excluding hydrogens is 280 g/mol. The second kappa shape index (κ2) is 7.28. The fourth-order valence-corrected chi connectivity index (χ4v) is 2.49. The maximum Gasteiger partial charge on any atom is 0.261 e. The predicted molar refractivity (Wildman–Crippen MR) is 79.8 cm³/mol. The molecule has 0 radical (unpaired) electrons. The van der Waals surface area contributed by atoms with Crippen molar-refractivity contribution in [1.82, 2.24) is 10.6 Å². The Bertz CT molecular complexity index is 528. The Morgan fingerprint density at radius 2 is 2.11 bits per heavy atom. The average molecular weight is 295 g/mol. The highest BCUT2D eigenvalue weighted by Crippen LogP contribution is 2.10. The molecule has 2 N–H and O–H groups in total. The summed E-state index contributed by atoms with van der Waals surface area (Å²) in [5.74, 6) is -0.0143. The molecular formula is C14H15ClN2OS. The number of carbonyl (C=O) groups is 1. The molecule has 1 heterocycles. The highest BCUT2D eigenvalue weighted by molar-refractivity contribution is 7.12. The van der Waals surface area contributed by atoms with Crippen LogP contribution >= 0.6 is 22.9 Å². The molecule has 5 heteroatoms. The number of halogens is 1. The summed E-state index contributed by atoms with van der Waals surface area (Å²) in [7, 11) is 0. The minimum Gasteiger partial charge on any atom is -0.350 e. The summed E-state index contributed by atoms with van der Waals surface area (Å²) in [6.07, 6.45) is 0. The first kappa shape index (κ1) is 14.1.